The van der Waals surface area contributed by atoms with Gasteiger partial charge in [-0.15, -0.1) is 20.4 Å². The molecule has 4 rings (SSSR count). The fourth-order valence-electron chi connectivity index (χ4n) is 2.15. The largest absolute Gasteiger partial charge is 0.493 e. The van der Waals surface area contributed by atoms with Crippen LogP contribution in [0.15, 0.2) is 28.4 Å². The van der Waals surface area contributed by atoms with Crippen molar-refractivity contribution in [2.45, 2.75) is 9.92 Å². The van der Waals surface area contributed by atoms with Crippen molar-refractivity contribution in [3.63, 3.8) is 0 Å². The number of aromatic nitrogens is 5. The highest BCUT2D eigenvalue weighted by Crippen LogP contribution is 2.46. The van der Waals surface area contributed by atoms with Crippen molar-refractivity contribution in [1.29, 1.82) is 0 Å². The van der Waals surface area contributed by atoms with Crippen LogP contribution in [0.4, 0.5) is 11.5 Å². The van der Waals surface area contributed by atoms with Gasteiger partial charge >= 0.3 is 0 Å². The second kappa shape index (κ2) is 4.48. The minimum atomic E-state index is 0.450. The predicted octanol–water partition coefficient (Wildman–Crippen LogP) is 1.74. The fraction of sp³-hybridized carbons (Fsp3) is 0.167. The van der Waals surface area contributed by atoms with E-state index in [1.165, 1.54) is 11.8 Å². The van der Waals surface area contributed by atoms with E-state index in [1.807, 2.05) is 12.1 Å². The molecular formula is C12H10N6O2S. The Bertz CT molecular complexity index is 849. The van der Waals surface area contributed by atoms with E-state index in [0.29, 0.717) is 17.3 Å². The first-order chi connectivity index (χ1) is 10.3. The Kier molecular flexibility index (Phi) is 2.61. The van der Waals surface area contributed by atoms with E-state index in [0.717, 1.165) is 21.4 Å². The molecule has 21 heavy (non-hydrogen) atoms. The summed E-state index contributed by atoms with van der Waals surface area (Å²) in [6, 6.07) is 3.80. The third-order valence-electron chi connectivity index (χ3n) is 3.15. The van der Waals surface area contributed by atoms with E-state index in [4.69, 9.17) is 9.47 Å². The van der Waals surface area contributed by atoms with Crippen LogP contribution in [0.1, 0.15) is 0 Å². The summed E-state index contributed by atoms with van der Waals surface area (Å²) in [7, 11) is 3.22. The summed E-state index contributed by atoms with van der Waals surface area (Å²) in [4.78, 5) is 0.988. The van der Waals surface area contributed by atoms with Gasteiger partial charge in [0.15, 0.2) is 22.3 Å². The molecule has 3 heterocycles. The second-order valence-electron chi connectivity index (χ2n) is 4.29. The number of nitrogens with zero attached hydrogens (tertiary/aromatic N) is 5. The van der Waals surface area contributed by atoms with Crippen molar-refractivity contribution in [2.75, 3.05) is 19.5 Å². The number of ether oxygens (including phenoxy) is 2. The first-order valence-corrected chi connectivity index (χ1v) is 6.89. The van der Waals surface area contributed by atoms with Crippen LogP contribution < -0.4 is 14.8 Å². The number of hydrogen-bond donors (Lipinski definition) is 1. The molecule has 1 aliphatic rings. The molecule has 0 spiro atoms. The van der Waals surface area contributed by atoms with Gasteiger partial charge in [-0.2, -0.15) is 0 Å². The lowest BCUT2D eigenvalue weighted by molar-refractivity contribution is 0.354. The highest BCUT2D eigenvalue weighted by Gasteiger charge is 2.23. The molecule has 1 N–H and O–H groups in total. The number of nitrogens with one attached hydrogen (secondary N) is 1. The molecule has 0 radical (unpaired) electrons. The molecule has 0 unspecified atom stereocenters. The maximum absolute atomic E-state index is 5.33. The fourth-order valence-corrected chi connectivity index (χ4v) is 3.07. The molecule has 8 nitrogen and oxygen atoms in total. The normalized spacial score (nSPS) is 12.5. The van der Waals surface area contributed by atoms with Gasteiger partial charge in [0.05, 0.1) is 19.9 Å². The summed E-state index contributed by atoms with van der Waals surface area (Å²) >= 11 is 1.50. The number of rotatable bonds is 2. The van der Waals surface area contributed by atoms with Crippen molar-refractivity contribution in [2.24, 2.45) is 0 Å². The lowest BCUT2D eigenvalue weighted by Crippen LogP contribution is -2.08. The molecule has 2 aromatic heterocycles. The number of benzene rings is 1. The van der Waals surface area contributed by atoms with Crippen LogP contribution in [0.3, 0.4) is 0 Å². The van der Waals surface area contributed by atoms with Crippen LogP contribution in [0, 0.1) is 0 Å². The van der Waals surface area contributed by atoms with Crippen molar-refractivity contribution < 1.29 is 9.47 Å². The number of hydrogen-bond acceptors (Lipinski definition) is 8. The Balaban J connectivity index is 1.88. The second-order valence-corrected chi connectivity index (χ2v) is 5.32. The molecule has 0 saturated heterocycles. The molecule has 3 aromatic rings. The molecule has 0 fully saturated rings. The van der Waals surface area contributed by atoms with Gasteiger partial charge in [-0.3, -0.25) is 0 Å². The van der Waals surface area contributed by atoms with E-state index in [1.54, 1.807) is 24.9 Å². The van der Waals surface area contributed by atoms with E-state index in [9.17, 15) is 0 Å². The summed E-state index contributed by atoms with van der Waals surface area (Å²) in [5.74, 6) is 2.57. The summed E-state index contributed by atoms with van der Waals surface area (Å²) < 4.78 is 12.4. The molecule has 0 saturated carbocycles. The van der Waals surface area contributed by atoms with Crippen LogP contribution in [-0.4, -0.2) is 39.0 Å². The maximum atomic E-state index is 5.33. The highest BCUT2D eigenvalue weighted by atomic mass is 32.2. The Morgan fingerprint density at radius 3 is 2.71 bits per heavy atom. The van der Waals surface area contributed by atoms with E-state index in [-0.39, 0.29) is 0 Å². The average molecular weight is 302 g/mol. The third-order valence-corrected chi connectivity index (χ3v) is 4.17. The smallest absolute Gasteiger partial charge is 0.275 e. The SMILES string of the molecule is COc1cc2c(cc1OC)Sc1nnc3nncn3c1N2. The average Bonchev–Trinajstić information content (AvgIpc) is 3.00. The van der Waals surface area contributed by atoms with Gasteiger partial charge < -0.3 is 14.8 Å². The lowest BCUT2D eigenvalue weighted by atomic mass is 10.2. The molecule has 106 valence electrons. The van der Waals surface area contributed by atoms with E-state index >= 15 is 0 Å². The zero-order chi connectivity index (χ0) is 14.4. The summed E-state index contributed by atoms with van der Waals surface area (Å²) in [5.41, 5.74) is 0.910. The lowest BCUT2D eigenvalue weighted by Gasteiger charge is -2.21. The van der Waals surface area contributed by atoms with E-state index < -0.39 is 0 Å². The molecule has 9 heteroatoms. The zero-order valence-electron chi connectivity index (χ0n) is 11.2. The van der Waals surface area contributed by atoms with Crippen LogP contribution in [-0.2, 0) is 0 Å². The zero-order valence-corrected chi connectivity index (χ0v) is 12.0. The predicted molar refractivity (Wildman–Crippen MR) is 75.5 cm³/mol. The number of fused-ring (bicyclic) bond motifs is 4. The van der Waals surface area contributed by atoms with Crippen molar-refractivity contribution in [3.8, 4) is 11.5 Å². The molecule has 0 bridgehead atoms. The first-order valence-electron chi connectivity index (χ1n) is 6.07. The Labute approximate surface area is 123 Å². The Hall–Kier alpha value is -2.55. The minimum Gasteiger partial charge on any atom is -0.493 e. The first kappa shape index (κ1) is 12.2. The Morgan fingerprint density at radius 2 is 1.90 bits per heavy atom. The van der Waals surface area contributed by atoms with E-state index in [2.05, 4.69) is 25.7 Å². The summed E-state index contributed by atoms with van der Waals surface area (Å²) in [6.07, 6.45) is 1.60. The van der Waals surface area contributed by atoms with Gasteiger partial charge in [0.1, 0.15) is 6.33 Å². The summed E-state index contributed by atoms with van der Waals surface area (Å²) in [5, 5.41) is 20.0. The van der Waals surface area contributed by atoms with Gasteiger partial charge in [-0.25, -0.2) is 4.40 Å². The molecule has 0 atom stereocenters. The summed E-state index contributed by atoms with van der Waals surface area (Å²) in [6.45, 7) is 0. The van der Waals surface area contributed by atoms with Gasteiger partial charge in [0.25, 0.3) is 5.78 Å². The van der Waals surface area contributed by atoms with Gasteiger partial charge in [0.2, 0.25) is 0 Å². The maximum Gasteiger partial charge on any atom is 0.275 e. The minimum absolute atomic E-state index is 0.450. The van der Waals surface area contributed by atoms with Crippen LogP contribution in [0.5, 0.6) is 11.5 Å². The van der Waals surface area contributed by atoms with Gasteiger partial charge in [-0.1, -0.05) is 11.8 Å². The number of methoxy groups -OCH3 is 2. The van der Waals surface area contributed by atoms with Gasteiger partial charge in [0, 0.05) is 17.0 Å². The molecular weight excluding hydrogens is 292 g/mol. The highest BCUT2D eigenvalue weighted by molar-refractivity contribution is 7.99. The third kappa shape index (κ3) is 1.77. The monoisotopic (exact) mass is 302 g/mol. The molecule has 1 aliphatic heterocycles. The van der Waals surface area contributed by atoms with Crippen molar-refractivity contribution >= 4 is 29.0 Å². The van der Waals surface area contributed by atoms with Gasteiger partial charge in [-0.05, 0) is 0 Å². The molecule has 0 aliphatic carbocycles. The quantitative estimate of drug-likeness (QED) is 0.599. The van der Waals surface area contributed by atoms with Crippen molar-refractivity contribution in [3.05, 3.63) is 18.5 Å². The topological polar surface area (TPSA) is 86.5 Å². The number of anilines is 2. The van der Waals surface area contributed by atoms with Crippen LogP contribution in [0.25, 0.3) is 5.78 Å². The molecule has 0 amide bonds. The standard InChI is InChI=1S/C12H10N6O2S/c1-19-7-3-6-9(4-8(7)20-2)21-11-10(14-6)18-5-13-16-12(18)17-15-11/h3-5,14H,1-2H3. The van der Waals surface area contributed by atoms with Crippen LogP contribution >= 0.6 is 11.8 Å². The van der Waals surface area contributed by atoms with Crippen molar-refractivity contribution in [1.82, 2.24) is 24.8 Å². The molecule has 1 aromatic carbocycles. The Morgan fingerprint density at radius 1 is 1.10 bits per heavy atom. The van der Waals surface area contributed by atoms with Crippen LogP contribution in [0.2, 0.25) is 0 Å².